The Labute approximate surface area is 189 Å². The van der Waals surface area contributed by atoms with Crippen molar-refractivity contribution in [3.05, 3.63) is 82.8 Å². The van der Waals surface area contributed by atoms with Gasteiger partial charge in [0.2, 0.25) is 0 Å². The predicted octanol–water partition coefficient (Wildman–Crippen LogP) is 4.15. The maximum absolute atomic E-state index is 13.2. The fraction of sp³-hybridized carbons (Fsp3) is 0.174. The number of carbonyl (C=O) groups excluding carboxylic acids is 1. The highest BCUT2D eigenvalue weighted by molar-refractivity contribution is 6.34. The van der Waals surface area contributed by atoms with Crippen molar-refractivity contribution >= 4 is 40.7 Å². The Balaban J connectivity index is 1.49. The van der Waals surface area contributed by atoms with Crippen molar-refractivity contribution in [3.8, 4) is 0 Å². The number of pyridine rings is 1. The van der Waals surface area contributed by atoms with Crippen LogP contribution in [0.4, 0.5) is 21.6 Å². The van der Waals surface area contributed by atoms with E-state index >= 15 is 0 Å². The van der Waals surface area contributed by atoms with Gasteiger partial charge in [0, 0.05) is 31.9 Å². The van der Waals surface area contributed by atoms with E-state index in [1.807, 2.05) is 4.90 Å². The average molecular weight is 455 g/mol. The molecule has 1 amide bonds. The van der Waals surface area contributed by atoms with Crippen molar-refractivity contribution in [1.82, 2.24) is 4.98 Å². The van der Waals surface area contributed by atoms with Gasteiger partial charge in [0.05, 0.1) is 22.5 Å². The first-order chi connectivity index (χ1) is 15.4. The molecule has 0 spiro atoms. The molecule has 0 radical (unpaired) electrons. The summed E-state index contributed by atoms with van der Waals surface area (Å²) in [6.07, 6.45) is 1.43. The molecule has 1 aliphatic heterocycles. The highest BCUT2D eigenvalue weighted by Gasteiger charge is 2.24. The van der Waals surface area contributed by atoms with Crippen LogP contribution in [0.2, 0.25) is 5.02 Å². The predicted molar refractivity (Wildman–Crippen MR) is 121 cm³/mol. The van der Waals surface area contributed by atoms with Crippen molar-refractivity contribution in [2.75, 3.05) is 41.3 Å². The molecule has 0 saturated carbocycles. The van der Waals surface area contributed by atoms with Crippen LogP contribution in [0.25, 0.3) is 0 Å². The molecule has 3 aromatic rings. The fourth-order valence-corrected chi connectivity index (χ4v) is 3.83. The van der Waals surface area contributed by atoms with Gasteiger partial charge in [-0.25, -0.2) is 14.2 Å². The largest absolute Gasteiger partial charge is 0.478 e. The van der Waals surface area contributed by atoms with Crippen molar-refractivity contribution in [2.45, 2.75) is 0 Å². The minimum absolute atomic E-state index is 0.00260. The lowest BCUT2D eigenvalue weighted by Gasteiger charge is -2.37. The third kappa shape index (κ3) is 4.65. The van der Waals surface area contributed by atoms with Gasteiger partial charge in [-0.1, -0.05) is 23.7 Å². The molecule has 0 unspecified atom stereocenters. The zero-order valence-corrected chi connectivity index (χ0v) is 17.7. The normalized spacial score (nSPS) is 13.7. The number of carboxylic acid groups (broad SMARTS) is 1. The molecule has 0 atom stereocenters. The first-order valence-corrected chi connectivity index (χ1v) is 10.3. The van der Waals surface area contributed by atoms with E-state index in [1.165, 1.54) is 24.4 Å². The number of carboxylic acids is 1. The average Bonchev–Trinajstić information content (AvgIpc) is 2.80. The summed E-state index contributed by atoms with van der Waals surface area (Å²) in [5.74, 6) is -1.53. The number of carbonyl (C=O) groups is 2. The van der Waals surface area contributed by atoms with Gasteiger partial charge in [0.25, 0.3) is 5.91 Å². The van der Waals surface area contributed by atoms with E-state index in [0.29, 0.717) is 37.0 Å². The molecule has 7 nitrogen and oxygen atoms in total. The maximum atomic E-state index is 13.2. The molecule has 1 aliphatic rings. The van der Waals surface area contributed by atoms with Crippen molar-refractivity contribution in [1.29, 1.82) is 0 Å². The molecule has 2 aromatic carbocycles. The number of aromatic carboxylic acids is 1. The van der Waals surface area contributed by atoms with Crippen LogP contribution in [-0.2, 0) is 0 Å². The van der Waals surface area contributed by atoms with Crippen LogP contribution in [-0.4, -0.2) is 48.1 Å². The molecule has 164 valence electrons. The second kappa shape index (κ2) is 9.23. The molecule has 32 heavy (non-hydrogen) atoms. The fourth-order valence-electron chi connectivity index (χ4n) is 3.61. The molecule has 1 saturated heterocycles. The molecule has 2 heterocycles. The van der Waals surface area contributed by atoms with Crippen molar-refractivity contribution in [3.63, 3.8) is 0 Å². The summed E-state index contributed by atoms with van der Waals surface area (Å²) in [7, 11) is 0. The highest BCUT2D eigenvalue weighted by atomic mass is 35.5. The van der Waals surface area contributed by atoms with Crippen molar-refractivity contribution < 1.29 is 19.1 Å². The summed E-state index contributed by atoms with van der Waals surface area (Å²) >= 11 is 6.06. The Morgan fingerprint density at radius 3 is 2.28 bits per heavy atom. The van der Waals surface area contributed by atoms with Gasteiger partial charge >= 0.3 is 5.97 Å². The molecule has 9 heteroatoms. The molecule has 1 fully saturated rings. The SMILES string of the molecule is O=C(Nc1cnc(N2CCN(c3ccc(F)cc3)CC2)c(C(=O)O)c1)c1ccccc1Cl. The van der Waals surface area contributed by atoms with Gasteiger partial charge in [-0.3, -0.25) is 4.79 Å². The van der Waals surface area contributed by atoms with E-state index in [1.54, 1.807) is 36.4 Å². The number of hydrogen-bond acceptors (Lipinski definition) is 5. The molecule has 0 bridgehead atoms. The van der Waals surface area contributed by atoms with Gasteiger partial charge in [-0.15, -0.1) is 0 Å². The Kier molecular flexibility index (Phi) is 6.23. The first-order valence-electron chi connectivity index (χ1n) is 9.97. The minimum atomic E-state index is -1.14. The van der Waals surface area contributed by atoms with Gasteiger partial charge < -0.3 is 20.2 Å². The van der Waals surface area contributed by atoms with Gasteiger partial charge in [-0.05, 0) is 42.5 Å². The van der Waals surface area contributed by atoms with Crippen LogP contribution in [0.1, 0.15) is 20.7 Å². The smallest absolute Gasteiger partial charge is 0.339 e. The number of nitrogens with zero attached hydrogens (tertiary/aromatic N) is 3. The number of aromatic nitrogens is 1. The lowest BCUT2D eigenvalue weighted by molar-refractivity contribution is 0.0696. The summed E-state index contributed by atoms with van der Waals surface area (Å²) in [6, 6.07) is 14.3. The first kappa shape index (κ1) is 21.6. The summed E-state index contributed by atoms with van der Waals surface area (Å²) in [4.78, 5) is 32.7. The van der Waals surface area contributed by atoms with Crippen LogP contribution in [0.3, 0.4) is 0 Å². The maximum Gasteiger partial charge on any atom is 0.339 e. The number of anilines is 3. The molecule has 4 rings (SSSR count). The summed E-state index contributed by atoms with van der Waals surface area (Å²) in [5.41, 5.74) is 1.46. The number of amides is 1. The third-order valence-corrected chi connectivity index (χ3v) is 5.57. The van der Waals surface area contributed by atoms with Crippen molar-refractivity contribution in [2.24, 2.45) is 0 Å². The summed E-state index contributed by atoms with van der Waals surface area (Å²) in [6.45, 7) is 2.38. The van der Waals surface area contributed by atoms with E-state index in [2.05, 4.69) is 15.2 Å². The molecular formula is C23H20ClFN4O3. The van der Waals surface area contributed by atoms with Gasteiger partial charge in [-0.2, -0.15) is 0 Å². The zero-order chi connectivity index (χ0) is 22.7. The number of nitrogens with one attached hydrogen (secondary N) is 1. The third-order valence-electron chi connectivity index (χ3n) is 5.24. The van der Waals surface area contributed by atoms with Crippen LogP contribution in [0.5, 0.6) is 0 Å². The lowest BCUT2D eigenvalue weighted by Crippen LogP contribution is -2.47. The number of hydrogen-bond donors (Lipinski definition) is 2. The Morgan fingerprint density at radius 2 is 1.62 bits per heavy atom. The minimum Gasteiger partial charge on any atom is -0.478 e. The molecule has 2 N–H and O–H groups in total. The Hall–Kier alpha value is -3.65. The van der Waals surface area contributed by atoms with Crippen LogP contribution >= 0.6 is 11.6 Å². The van der Waals surface area contributed by atoms with E-state index in [9.17, 15) is 19.1 Å². The van der Waals surface area contributed by atoms with E-state index < -0.39 is 11.9 Å². The van der Waals surface area contributed by atoms with E-state index in [0.717, 1.165) is 5.69 Å². The summed E-state index contributed by atoms with van der Waals surface area (Å²) < 4.78 is 13.2. The Bertz CT molecular complexity index is 1150. The van der Waals surface area contributed by atoms with Crippen LogP contribution < -0.4 is 15.1 Å². The summed E-state index contributed by atoms with van der Waals surface area (Å²) in [5, 5.41) is 12.7. The van der Waals surface area contributed by atoms with E-state index in [-0.39, 0.29) is 22.6 Å². The van der Waals surface area contributed by atoms with Crippen LogP contribution in [0, 0.1) is 5.82 Å². The number of piperazine rings is 1. The van der Waals surface area contributed by atoms with Crippen LogP contribution in [0.15, 0.2) is 60.8 Å². The number of halogens is 2. The van der Waals surface area contributed by atoms with Gasteiger partial charge in [0.1, 0.15) is 17.2 Å². The zero-order valence-electron chi connectivity index (χ0n) is 17.0. The van der Waals surface area contributed by atoms with E-state index in [4.69, 9.17) is 11.6 Å². The molecule has 0 aliphatic carbocycles. The molecule has 1 aromatic heterocycles. The second-order valence-electron chi connectivity index (χ2n) is 7.28. The topological polar surface area (TPSA) is 85.8 Å². The monoisotopic (exact) mass is 454 g/mol. The number of benzene rings is 2. The Morgan fingerprint density at radius 1 is 0.969 bits per heavy atom. The standard InChI is InChI=1S/C23H20ClFN4O3/c24-20-4-2-1-3-18(20)22(30)27-16-13-19(23(31)32)21(26-14-16)29-11-9-28(10-12-29)17-7-5-15(25)6-8-17/h1-8,13-14H,9-12H2,(H,27,30)(H,31,32). The highest BCUT2D eigenvalue weighted by Crippen LogP contribution is 2.25. The van der Waals surface area contributed by atoms with Gasteiger partial charge in [0.15, 0.2) is 0 Å². The molecular weight excluding hydrogens is 435 g/mol. The second-order valence-corrected chi connectivity index (χ2v) is 7.69. The lowest BCUT2D eigenvalue weighted by atomic mass is 10.1. The number of rotatable bonds is 5. The quantitative estimate of drug-likeness (QED) is 0.602.